The highest BCUT2D eigenvalue weighted by atomic mass is 16.6. The summed E-state index contributed by atoms with van der Waals surface area (Å²) < 4.78 is 4.41. The molecule has 9 heteroatoms. The molecule has 1 aromatic carbocycles. The first-order valence-corrected chi connectivity index (χ1v) is 5.47. The van der Waals surface area contributed by atoms with Gasteiger partial charge in [-0.25, -0.2) is 4.79 Å². The number of carbonyl (C=O) groups excluding carboxylic acids is 3. The summed E-state index contributed by atoms with van der Waals surface area (Å²) in [6.45, 7) is 1.56. The van der Waals surface area contributed by atoms with E-state index in [1.807, 2.05) is 10.9 Å². The second-order valence-electron chi connectivity index (χ2n) is 3.43. The molecule has 1 rings (SSSR count). The molecule has 0 aliphatic rings. The molecule has 0 aromatic heterocycles. The van der Waals surface area contributed by atoms with Crippen LogP contribution < -0.4 is 10.9 Å². The van der Waals surface area contributed by atoms with Gasteiger partial charge in [0.15, 0.2) is 0 Å². The van der Waals surface area contributed by atoms with E-state index in [0.29, 0.717) is 0 Å². The number of hydrazine groups is 1. The molecule has 0 saturated heterocycles. The molecule has 0 unspecified atom stereocenters. The third kappa shape index (κ3) is 4.05. The second kappa shape index (κ2) is 6.83. The Hall–Kier alpha value is -2.97. The topological polar surface area (TPSA) is 128 Å². The Morgan fingerprint density at radius 2 is 1.80 bits per heavy atom. The summed E-state index contributed by atoms with van der Waals surface area (Å²) in [7, 11) is 0. The summed E-state index contributed by atoms with van der Waals surface area (Å²) in [5.41, 5.74) is 3.75. The van der Waals surface area contributed by atoms with Crippen LogP contribution in [-0.4, -0.2) is 29.3 Å². The number of hydrogen-bond donors (Lipinski definition) is 2. The van der Waals surface area contributed by atoms with Crippen LogP contribution in [0.5, 0.6) is 0 Å². The molecule has 0 bridgehead atoms. The lowest BCUT2D eigenvalue weighted by molar-refractivity contribution is -0.384. The second-order valence-corrected chi connectivity index (χ2v) is 3.43. The lowest BCUT2D eigenvalue weighted by Gasteiger charge is -2.06. The number of nitrogens with zero attached hydrogens (tertiary/aromatic N) is 1. The summed E-state index contributed by atoms with van der Waals surface area (Å²) in [5, 5.41) is 10.4. The maximum atomic E-state index is 11.6. The van der Waals surface area contributed by atoms with Gasteiger partial charge in [0.05, 0.1) is 11.5 Å². The van der Waals surface area contributed by atoms with Gasteiger partial charge in [0, 0.05) is 17.7 Å². The predicted molar refractivity (Wildman–Crippen MR) is 65.3 cm³/mol. The smallest absolute Gasteiger partial charge is 0.398 e. The Bertz CT molecular complexity index is 540. The molecule has 0 saturated carbocycles. The van der Waals surface area contributed by atoms with E-state index in [2.05, 4.69) is 4.74 Å². The van der Waals surface area contributed by atoms with Crippen molar-refractivity contribution < 1.29 is 24.0 Å². The highest BCUT2D eigenvalue weighted by Gasteiger charge is 2.16. The molecule has 0 aliphatic carbocycles. The molecule has 9 nitrogen and oxygen atoms in total. The molecule has 2 amide bonds. The standard InChI is InChI=1S/C11H11N3O6/c1-2-20-11(17)10(16)13-12-9(15)7-3-5-8(6-4-7)14(18)19/h3-6H,2H2,1H3,(H,12,15)(H,13,16). The first-order valence-electron chi connectivity index (χ1n) is 5.47. The number of nitro groups is 1. The van der Waals surface area contributed by atoms with Gasteiger partial charge in [0.1, 0.15) is 0 Å². The number of rotatable bonds is 3. The van der Waals surface area contributed by atoms with Crippen LogP contribution in [-0.2, 0) is 14.3 Å². The van der Waals surface area contributed by atoms with Crippen LogP contribution in [0.2, 0.25) is 0 Å². The minimum atomic E-state index is -1.13. The van der Waals surface area contributed by atoms with E-state index in [9.17, 15) is 24.5 Å². The fourth-order valence-corrected chi connectivity index (χ4v) is 1.17. The zero-order valence-electron chi connectivity index (χ0n) is 10.4. The van der Waals surface area contributed by atoms with Gasteiger partial charge in [-0.15, -0.1) is 0 Å². The van der Waals surface area contributed by atoms with Crippen LogP contribution in [0.3, 0.4) is 0 Å². The first-order chi connectivity index (χ1) is 9.45. The van der Waals surface area contributed by atoms with Crippen molar-refractivity contribution in [1.29, 1.82) is 0 Å². The number of amides is 2. The van der Waals surface area contributed by atoms with Crippen molar-refractivity contribution in [3.8, 4) is 0 Å². The van der Waals surface area contributed by atoms with Crippen molar-refractivity contribution >= 4 is 23.5 Å². The summed E-state index contributed by atoms with van der Waals surface area (Å²) in [4.78, 5) is 43.5. The van der Waals surface area contributed by atoms with E-state index in [-0.39, 0.29) is 17.9 Å². The molecule has 1 aromatic rings. The zero-order valence-corrected chi connectivity index (χ0v) is 10.4. The average Bonchev–Trinajstić information content (AvgIpc) is 2.44. The monoisotopic (exact) mass is 281 g/mol. The molecular formula is C11H11N3O6. The van der Waals surface area contributed by atoms with Gasteiger partial charge in [0.2, 0.25) is 0 Å². The number of esters is 1. The van der Waals surface area contributed by atoms with E-state index >= 15 is 0 Å². The van der Waals surface area contributed by atoms with Crippen molar-refractivity contribution in [2.24, 2.45) is 0 Å². The molecule has 0 aliphatic heterocycles. The minimum absolute atomic E-state index is 0.0303. The molecule has 2 N–H and O–H groups in total. The number of benzene rings is 1. The summed E-state index contributed by atoms with van der Waals surface area (Å²) in [6.07, 6.45) is 0. The van der Waals surface area contributed by atoms with E-state index in [1.165, 1.54) is 19.1 Å². The van der Waals surface area contributed by atoms with Gasteiger partial charge in [-0.2, -0.15) is 0 Å². The molecule has 0 radical (unpaired) electrons. The van der Waals surface area contributed by atoms with E-state index in [0.717, 1.165) is 12.1 Å². The van der Waals surface area contributed by atoms with Crippen molar-refractivity contribution in [2.75, 3.05) is 6.61 Å². The predicted octanol–water partition coefficient (Wildman–Crippen LogP) is -0.0811. The van der Waals surface area contributed by atoms with Crippen molar-refractivity contribution in [2.45, 2.75) is 6.92 Å². The number of carbonyl (C=O) groups is 3. The molecule has 0 spiro atoms. The molecule has 106 valence electrons. The summed E-state index contributed by atoms with van der Waals surface area (Å²) in [6, 6.07) is 4.71. The highest BCUT2D eigenvalue weighted by Crippen LogP contribution is 2.11. The normalized spacial score (nSPS) is 9.45. The molecule has 0 heterocycles. The van der Waals surface area contributed by atoms with Crippen molar-refractivity contribution in [1.82, 2.24) is 10.9 Å². The average molecular weight is 281 g/mol. The molecule has 0 fully saturated rings. The Balaban J connectivity index is 2.57. The van der Waals surface area contributed by atoms with Crippen LogP contribution in [0.25, 0.3) is 0 Å². The number of nitrogens with one attached hydrogen (secondary N) is 2. The maximum absolute atomic E-state index is 11.6. The van der Waals surface area contributed by atoms with Crippen LogP contribution in [0, 0.1) is 10.1 Å². The Morgan fingerprint density at radius 3 is 2.30 bits per heavy atom. The van der Waals surface area contributed by atoms with Crippen LogP contribution in [0.4, 0.5) is 5.69 Å². The number of non-ortho nitro benzene ring substituents is 1. The Morgan fingerprint density at radius 1 is 1.20 bits per heavy atom. The van der Waals surface area contributed by atoms with Crippen LogP contribution >= 0.6 is 0 Å². The number of hydrogen-bond acceptors (Lipinski definition) is 6. The Labute approximate surface area is 113 Å². The third-order valence-electron chi connectivity index (χ3n) is 2.09. The van der Waals surface area contributed by atoms with Crippen molar-refractivity contribution in [3.63, 3.8) is 0 Å². The van der Waals surface area contributed by atoms with Crippen LogP contribution in [0.15, 0.2) is 24.3 Å². The zero-order chi connectivity index (χ0) is 15.1. The fourth-order valence-electron chi connectivity index (χ4n) is 1.17. The van der Waals surface area contributed by atoms with E-state index in [4.69, 9.17) is 0 Å². The van der Waals surface area contributed by atoms with Gasteiger partial charge in [-0.3, -0.25) is 30.6 Å². The van der Waals surface area contributed by atoms with Gasteiger partial charge < -0.3 is 4.74 Å². The van der Waals surface area contributed by atoms with E-state index < -0.39 is 22.7 Å². The molecular weight excluding hydrogens is 270 g/mol. The van der Waals surface area contributed by atoms with Gasteiger partial charge in [-0.1, -0.05) is 0 Å². The van der Waals surface area contributed by atoms with Gasteiger partial charge in [0.25, 0.3) is 11.6 Å². The third-order valence-corrected chi connectivity index (χ3v) is 2.09. The lowest BCUT2D eigenvalue weighted by Crippen LogP contribution is -2.45. The SMILES string of the molecule is CCOC(=O)C(=O)NNC(=O)c1ccc([N+](=O)[O-])cc1. The van der Waals surface area contributed by atoms with Crippen molar-refractivity contribution in [3.05, 3.63) is 39.9 Å². The van der Waals surface area contributed by atoms with E-state index in [1.54, 1.807) is 0 Å². The highest BCUT2D eigenvalue weighted by molar-refractivity contribution is 6.32. The number of ether oxygens (including phenoxy) is 1. The summed E-state index contributed by atoms with van der Waals surface area (Å²) >= 11 is 0. The Kier molecular flexibility index (Phi) is 5.15. The molecule has 0 atom stereocenters. The van der Waals surface area contributed by atoms with Gasteiger partial charge >= 0.3 is 11.9 Å². The molecule has 20 heavy (non-hydrogen) atoms. The quantitative estimate of drug-likeness (QED) is 0.345. The first kappa shape index (κ1) is 15.1. The lowest BCUT2D eigenvalue weighted by atomic mass is 10.2. The fraction of sp³-hybridized carbons (Fsp3) is 0.182. The van der Waals surface area contributed by atoms with Crippen LogP contribution in [0.1, 0.15) is 17.3 Å². The minimum Gasteiger partial charge on any atom is -0.459 e. The maximum Gasteiger partial charge on any atom is 0.398 e. The number of nitro benzene ring substituents is 1. The van der Waals surface area contributed by atoms with Gasteiger partial charge in [-0.05, 0) is 19.1 Å². The largest absolute Gasteiger partial charge is 0.459 e. The summed E-state index contributed by atoms with van der Waals surface area (Å²) in [5.74, 6) is -2.98.